The van der Waals surface area contributed by atoms with Crippen LogP contribution in [0.5, 0.6) is 0 Å². The number of allylic oxidation sites excluding steroid dienone is 4. The maximum Gasteiger partial charge on any atom is 0.305 e. The summed E-state index contributed by atoms with van der Waals surface area (Å²) in [7, 11) is 0. The van der Waals surface area contributed by atoms with E-state index >= 15 is 0 Å². The van der Waals surface area contributed by atoms with Gasteiger partial charge in [-0.3, -0.25) is 19.3 Å². The molecule has 46 heavy (non-hydrogen) atoms. The fourth-order valence-electron chi connectivity index (χ4n) is 3.87. The monoisotopic (exact) mass is 662 g/mol. The van der Waals surface area contributed by atoms with Gasteiger partial charge >= 0.3 is 5.97 Å². The molecule has 4 aromatic rings. The van der Waals surface area contributed by atoms with E-state index in [1.54, 1.807) is 24.4 Å². The van der Waals surface area contributed by atoms with Crippen LogP contribution >= 0.6 is 23.2 Å². The molecule has 0 unspecified atom stereocenters. The quantitative estimate of drug-likeness (QED) is 0.123. The van der Waals surface area contributed by atoms with Crippen LogP contribution in [-0.2, 0) is 11.3 Å². The molecule has 0 atom stereocenters. The maximum atomic E-state index is 12.0. The molecule has 2 aromatic carbocycles. The van der Waals surface area contributed by atoms with Gasteiger partial charge in [0.15, 0.2) is 0 Å². The summed E-state index contributed by atoms with van der Waals surface area (Å²) in [5.41, 5.74) is 7.06. The van der Waals surface area contributed by atoms with Gasteiger partial charge in [-0.1, -0.05) is 85.6 Å². The van der Waals surface area contributed by atoms with Crippen molar-refractivity contribution in [3.63, 3.8) is 0 Å². The standard InChI is InChI=1S/C21H23Cl2N3O3.C12H11N.C2H6.C2H4/c1-15(2-7-18(23)8-11-22)19-10-13-26(25-19)14-16-3-5-17(6-4-16)21(29)24-12-9-20(27)28;1-10-4-2-5-11(8-10)12-6-3-7-13-9-12;2*1-2/h2-6,8,10,13H,7,9,11-12,14H2,1H3,(H,24,29)(H,27,28);2-9H,1H3;1-2H3;1-2H2/b15-2+,18-8+;;;. The van der Waals surface area contributed by atoms with Crippen LogP contribution in [0.1, 0.15) is 60.8 Å². The second-order valence-electron chi connectivity index (χ2n) is 9.50. The molecule has 7 nitrogen and oxygen atoms in total. The molecule has 0 spiro atoms. The van der Waals surface area contributed by atoms with Crippen molar-refractivity contribution in [1.29, 1.82) is 0 Å². The topological polar surface area (TPSA) is 97.1 Å². The Morgan fingerprint density at radius 3 is 2.30 bits per heavy atom. The Kier molecular flexibility index (Phi) is 19.7. The number of nitrogens with one attached hydrogen (secondary N) is 1. The molecule has 0 saturated heterocycles. The fraction of sp³-hybridized carbons (Fsp3) is 0.243. The number of carbonyl (C=O) groups excluding carboxylic acids is 1. The van der Waals surface area contributed by atoms with E-state index in [9.17, 15) is 9.59 Å². The summed E-state index contributed by atoms with van der Waals surface area (Å²) in [5, 5.41) is 16.5. The fourth-order valence-corrected chi connectivity index (χ4v) is 4.29. The van der Waals surface area contributed by atoms with E-state index in [1.807, 2.05) is 68.2 Å². The normalized spacial score (nSPS) is 10.7. The van der Waals surface area contributed by atoms with Crippen LogP contribution in [0.3, 0.4) is 0 Å². The molecule has 2 heterocycles. The minimum Gasteiger partial charge on any atom is -0.481 e. The van der Waals surface area contributed by atoms with Crippen LogP contribution in [-0.4, -0.2) is 44.2 Å². The van der Waals surface area contributed by atoms with Crippen LogP contribution in [0.15, 0.2) is 116 Å². The lowest BCUT2D eigenvalue weighted by atomic mass is 10.1. The van der Waals surface area contributed by atoms with E-state index in [4.69, 9.17) is 28.3 Å². The first-order valence-corrected chi connectivity index (χ1v) is 15.8. The van der Waals surface area contributed by atoms with Gasteiger partial charge in [0.25, 0.3) is 5.91 Å². The number of aromatic nitrogens is 3. The third kappa shape index (κ3) is 15.0. The van der Waals surface area contributed by atoms with Crippen molar-refractivity contribution in [3.8, 4) is 11.1 Å². The average Bonchev–Trinajstić information content (AvgIpc) is 3.55. The molecule has 9 heteroatoms. The molecule has 2 N–H and O–H groups in total. The number of pyridine rings is 1. The van der Waals surface area contributed by atoms with Crippen molar-refractivity contribution in [2.45, 2.75) is 47.1 Å². The van der Waals surface area contributed by atoms with Crippen LogP contribution in [0.4, 0.5) is 0 Å². The Bertz CT molecular complexity index is 1530. The van der Waals surface area contributed by atoms with Gasteiger partial charge in [-0.2, -0.15) is 5.10 Å². The van der Waals surface area contributed by atoms with Crippen LogP contribution in [0.25, 0.3) is 16.7 Å². The molecule has 0 aliphatic carbocycles. The van der Waals surface area contributed by atoms with Gasteiger partial charge in [0.05, 0.1) is 18.7 Å². The highest BCUT2D eigenvalue weighted by Crippen LogP contribution is 2.19. The molecule has 244 valence electrons. The molecule has 4 rings (SSSR count). The predicted molar refractivity (Wildman–Crippen MR) is 192 cm³/mol. The summed E-state index contributed by atoms with van der Waals surface area (Å²) in [4.78, 5) is 26.6. The number of amides is 1. The molecule has 0 aliphatic rings. The number of rotatable bonds is 11. The van der Waals surface area contributed by atoms with Crippen molar-refractivity contribution in [1.82, 2.24) is 20.1 Å². The first-order valence-electron chi connectivity index (χ1n) is 14.9. The number of halogens is 2. The predicted octanol–water partition coefficient (Wildman–Crippen LogP) is 9.18. The van der Waals surface area contributed by atoms with E-state index in [0.717, 1.165) is 16.8 Å². The van der Waals surface area contributed by atoms with Gasteiger partial charge in [-0.25, -0.2) is 0 Å². The molecule has 0 saturated carbocycles. The van der Waals surface area contributed by atoms with Crippen LogP contribution in [0.2, 0.25) is 0 Å². The maximum absolute atomic E-state index is 12.0. The number of alkyl halides is 1. The molecule has 0 bridgehead atoms. The number of hydrogen-bond donors (Lipinski definition) is 2. The Morgan fingerprint density at radius 1 is 1.00 bits per heavy atom. The largest absolute Gasteiger partial charge is 0.481 e. The number of carboxylic acid groups (broad SMARTS) is 1. The number of aliphatic carboxylic acids is 1. The molecule has 0 fully saturated rings. The molecule has 2 aromatic heterocycles. The first-order chi connectivity index (χ1) is 22.2. The summed E-state index contributed by atoms with van der Waals surface area (Å²) in [6.45, 7) is 14.8. The minimum absolute atomic E-state index is 0.103. The van der Waals surface area contributed by atoms with Gasteiger partial charge in [0.1, 0.15) is 0 Å². The lowest BCUT2D eigenvalue weighted by Crippen LogP contribution is -2.25. The number of hydrogen-bond acceptors (Lipinski definition) is 4. The number of carbonyl (C=O) groups is 2. The second-order valence-corrected chi connectivity index (χ2v) is 10.3. The van der Waals surface area contributed by atoms with Crippen molar-refractivity contribution in [2.24, 2.45) is 0 Å². The number of benzene rings is 2. The summed E-state index contributed by atoms with van der Waals surface area (Å²) in [6.07, 6.45) is 9.86. The summed E-state index contributed by atoms with van der Waals surface area (Å²) in [6, 6.07) is 21.5. The van der Waals surface area contributed by atoms with Crippen molar-refractivity contribution in [3.05, 3.63) is 138 Å². The van der Waals surface area contributed by atoms with E-state index in [2.05, 4.69) is 65.8 Å². The molecule has 0 radical (unpaired) electrons. The third-order valence-corrected chi connectivity index (χ3v) is 6.61. The molecule has 1 amide bonds. The van der Waals surface area contributed by atoms with Crippen LogP contribution < -0.4 is 5.32 Å². The van der Waals surface area contributed by atoms with E-state index in [1.165, 1.54) is 16.7 Å². The Balaban J connectivity index is 0.000000514. The van der Waals surface area contributed by atoms with Crippen molar-refractivity contribution in [2.75, 3.05) is 12.4 Å². The highest BCUT2D eigenvalue weighted by Gasteiger charge is 2.07. The first kappa shape index (κ1) is 39.6. The lowest BCUT2D eigenvalue weighted by molar-refractivity contribution is -0.136. The zero-order valence-electron chi connectivity index (χ0n) is 27.0. The zero-order valence-corrected chi connectivity index (χ0v) is 28.6. The van der Waals surface area contributed by atoms with Gasteiger partial charge in [-0.05, 0) is 60.4 Å². The average molecular weight is 664 g/mol. The summed E-state index contributed by atoms with van der Waals surface area (Å²) < 4.78 is 1.82. The highest BCUT2D eigenvalue weighted by atomic mass is 35.5. The number of carboxylic acids is 1. The minimum atomic E-state index is -0.945. The molecular formula is C37H44Cl2N4O3. The number of aryl methyl sites for hydroxylation is 1. The SMILES string of the molecule is C/C(=C\C/C(Cl)=C\CCl)c1ccn(Cc2ccc(C(=O)NCCC(=O)O)cc2)n1.C=C.CC.Cc1cccc(-c2cccnc2)c1. The van der Waals surface area contributed by atoms with E-state index in [-0.39, 0.29) is 18.9 Å². The highest BCUT2D eigenvalue weighted by molar-refractivity contribution is 6.30. The van der Waals surface area contributed by atoms with E-state index < -0.39 is 5.97 Å². The summed E-state index contributed by atoms with van der Waals surface area (Å²) >= 11 is 11.7. The third-order valence-electron chi connectivity index (χ3n) is 6.14. The van der Waals surface area contributed by atoms with Gasteiger partial charge in [0, 0.05) is 48.0 Å². The second kappa shape index (κ2) is 23.0. The van der Waals surface area contributed by atoms with Gasteiger partial charge in [-0.15, -0.1) is 24.8 Å². The molecular weight excluding hydrogens is 619 g/mol. The number of nitrogens with zero attached hydrogens (tertiary/aromatic N) is 3. The Labute approximate surface area is 283 Å². The van der Waals surface area contributed by atoms with Gasteiger partial charge < -0.3 is 10.4 Å². The Hall–Kier alpha value is -4.46. The smallest absolute Gasteiger partial charge is 0.305 e. The van der Waals surface area contributed by atoms with Crippen LogP contribution in [0, 0.1) is 6.92 Å². The van der Waals surface area contributed by atoms with Crippen molar-refractivity contribution < 1.29 is 14.7 Å². The lowest BCUT2D eigenvalue weighted by Gasteiger charge is -2.06. The van der Waals surface area contributed by atoms with Gasteiger partial charge in [0.2, 0.25) is 0 Å². The van der Waals surface area contributed by atoms with E-state index in [0.29, 0.717) is 29.4 Å². The molecule has 0 aliphatic heterocycles. The zero-order chi connectivity index (χ0) is 34.3. The van der Waals surface area contributed by atoms with Crippen molar-refractivity contribution >= 4 is 40.7 Å². The summed E-state index contributed by atoms with van der Waals surface area (Å²) in [5.74, 6) is -0.843. The Morgan fingerprint density at radius 2 is 1.70 bits per heavy atom.